The van der Waals surface area contributed by atoms with Crippen LogP contribution in [0.2, 0.25) is 5.02 Å². The van der Waals surface area contributed by atoms with Gasteiger partial charge < -0.3 is 5.32 Å². The van der Waals surface area contributed by atoms with E-state index in [9.17, 15) is 0 Å². The number of halogens is 1. The van der Waals surface area contributed by atoms with E-state index >= 15 is 0 Å². The first-order chi connectivity index (χ1) is 15.2. The van der Waals surface area contributed by atoms with Crippen LogP contribution in [0.1, 0.15) is 37.3 Å². The highest BCUT2D eigenvalue weighted by Gasteiger charge is 2.15. The Balaban J connectivity index is 1.18. The first-order valence-corrected chi connectivity index (χ1v) is 11.9. The van der Waals surface area contributed by atoms with E-state index in [2.05, 4.69) is 77.8 Å². The molecule has 1 fully saturated rings. The quantitative estimate of drug-likeness (QED) is 0.376. The Kier molecular flexibility index (Phi) is 7.66. The number of hydrogen-bond acceptors (Lipinski definition) is 2. The number of hydrogen-bond donors (Lipinski definition) is 1. The number of aryl methyl sites for hydroxylation is 1. The van der Waals surface area contributed by atoms with Gasteiger partial charge in [0.1, 0.15) is 0 Å². The predicted octanol–water partition coefficient (Wildman–Crippen LogP) is 7.28. The van der Waals surface area contributed by atoms with Crippen LogP contribution in [0.3, 0.4) is 0 Å². The van der Waals surface area contributed by atoms with Crippen molar-refractivity contribution in [2.75, 3.05) is 25.0 Å². The average Bonchev–Trinajstić information content (AvgIpc) is 2.80. The molecule has 1 N–H and O–H groups in total. The second-order valence-corrected chi connectivity index (χ2v) is 9.33. The lowest BCUT2D eigenvalue weighted by Gasteiger charge is -2.30. The van der Waals surface area contributed by atoms with Gasteiger partial charge in [-0.25, -0.2) is 0 Å². The molecule has 0 spiro atoms. The van der Waals surface area contributed by atoms with Crippen LogP contribution in [0, 0.1) is 5.92 Å². The van der Waals surface area contributed by atoms with Crippen LogP contribution >= 0.6 is 11.6 Å². The number of nitrogens with one attached hydrogen (secondary N) is 1. The third kappa shape index (κ3) is 6.59. The van der Waals surface area contributed by atoms with Crippen molar-refractivity contribution in [3.8, 4) is 11.1 Å². The normalized spacial score (nSPS) is 15.2. The summed E-state index contributed by atoms with van der Waals surface area (Å²) in [6.45, 7) is 6.92. The Morgan fingerprint density at radius 2 is 1.39 bits per heavy atom. The van der Waals surface area contributed by atoms with Gasteiger partial charge in [-0.3, -0.25) is 4.90 Å². The largest absolute Gasteiger partial charge is 0.385 e. The van der Waals surface area contributed by atoms with Gasteiger partial charge in [-0.1, -0.05) is 67.1 Å². The number of nitrogens with zero attached hydrogens (tertiary/aromatic N) is 1. The van der Waals surface area contributed by atoms with E-state index in [1.807, 2.05) is 12.1 Å². The van der Waals surface area contributed by atoms with Crippen molar-refractivity contribution >= 4 is 17.3 Å². The van der Waals surface area contributed by atoms with Gasteiger partial charge >= 0.3 is 0 Å². The lowest BCUT2D eigenvalue weighted by molar-refractivity contribution is 0.185. The maximum Gasteiger partial charge on any atom is 0.0406 e. The molecule has 0 atom stereocenters. The summed E-state index contributed by atoms with van der Waals surface area (Å²) < 4.78 is 0. The van der Waals surface area contributed by atoms with Gasteiger partial charge in [0.05, 0.1) is 0 Å². The van der Waals surface area contributed by atoms with Gasteiger partial charge in [0, 0.05) is 23.8 Å². The van der Waals surface area contributed by atoms with Crippen LogP contribution in [0.4, 0.5) is 5.69 Å². The summed E-state index contributed by atoms with van der Waals surface area (Å²) >= 11 is 5.98. The number of piperidine rings is 1. The molecular formula is C28H33ClN2. The fourth-order valence-electron chi connectivity index (χ4n) is 4.24. The van der Waals surface area contributed by atoms with E-state index in [0.29, 0.717) is 0 Å². The molecule has 31 heavy (non-hydrogen) atoms. The van der Waals surface area contributed by atoms with Crippen molar-refractivity contribution in [2.45, 2.75) is 39.2 Å². The molecule has 0 saturated carbocycles. The Bertz CT molecular complexity index is 924. The molecule has 162 valence electrons. The molecule has 4 rings (SSSR count). The molecule has 3 aromatic rings. The summed E-state index contributed by atoms with van der Waals surface area (Å²) in [5.74, 6) is 0.893. The fraction of sp³-hybridized carbons (Fsp3) is 0.357. The molecule has 3 aromatic carbocycles. The summed E-state index contributed by atoms with van der Waals surface area (Å²) in [4.78, 5) is 2.58. The van der Waals surface area contributed by atoms with Crippen LogP contribution in [-0.2, 0) is 13.0 Å². The highest BCUT2D eigenvalue weighted by atomic mass is 35.5. The molecule has 0 amide bonds. The number of anilines is 1. The molecule has 0 radical (unpaired) electrons. The highest BCUT2D eigenvalue weighted by Crippen LogP contribution is 2.22. The van der Waals surface area contributed by atoms with E-state index < -0.39 is 0 Å². The molecule has 0 aliphatic carbocycles. The molecule has 0 aromatic heterocycles. The summed E-state index contributed by atoms with van der Waals surface area (Å²) in [5, 5.41) is 4.34. The van der Waals surface area contributed by atoms with Gasteiger partial charge in [0.15, 0.2) is 0 Å². The van der Waals surface area contributed by atoms with Gasteiger partial charge in [-0.05, 0) is 91.2 Å². The third-order valence-corrected chi connectivity index (χ3v) is 6.59. The summed E-state index contributed by atoms with van der Waals surface area (Å²) in [5.41, 5.74) is 6.45. The van der Waals surface area contributed by atoms with E-state index in [1.165, 1.54) is 53.9 Å². The van der Waals surface area contributed by atoms with Crippen LogP contribution < -0.4 is 5.32 Å². The maximum atomic E-state index is 5.98. The Morgan fingerprint density at radius 3 is 2.03 bits per heavy atom. The summed E-state index contributed by atoms with van der Waals surface area (Å²) in [7, 11) is 0. The van der Waals surface area contributed by atoms with Crippen molar-refractivity contribution < 1.29 is 0 Å². The fourth-order valence-corrected chi connectivity index (χ4v) is 4.36. The van der Waals surface area contributed by atoms with Crippen molar-refractivity contribution in [3.05, 3.63) is 88.9 Å². The second-order valence-electron chi connectivity index (χ2n) is 8.89. The highest BCUT2D eigenvalue weighted by molar-refractivity contribution is 6.30. The van der Waals surface area contributed by atoms with Crippen molar-refractivity contribution in [1.29, 1.82) is 0 Å². The molecule has 3 heteroatoms. The van der Waals surface area contributed by atoms with Crippen LogP contribution in [-0.4, -0.2) is 24.5 Å². The van der Waals surface area contributed by atoms with Gasteiger partial charge in [0.25, 0.3) is 0 Å². The van der Waals surface area contributed by atoms with E-state index in [4.69, 9.17) is 11.6 Å². The monoisotopic (exact) mass is 432 g/mol. The standard InChI is InChI=1S/C28H33ClN2/c1-22-16-19-31(20-17-22)21-24-6-14-28(15-7-24)30-18-2-3-23-4-8-25(9-5-23)26-10-12-27(29)13-11-26/h4-15,22,30H,2-3,16-21H2,1H3. The third-order valence-electron chi connectivity index (χ3n) is 6.34. The number of rotatable bonds is 8. The van der Waals surface area contributed by atoms with Crippen LogP contribution in [0.25, 0.3) is 11.1 Å². The van der Waals surface area contributed by atoms with Gasteiger partial charge in [-0.15, -0.1) is 0 Å². The van der Waals surface area contributed by atoms with Gasteiger partial charge in [-0.2, -0.15) is 0 Å². The summed E-state index contributed by atoms with van der Waals surface area (Å²) in [6.07, 6.45) is 4.88. The van der Waals surface area contributed by atoms with Crippen molar-refractivity contribution in [1.82, 2.24) is 4.90 Å². The molecule has 1 saturated heterocycles. The van der Waals surface area contributed by atoms with Crippen molar-refractivity contribution in [2.24, 2.45) is 5.92 Å². The van der Waals surface area contributed by atoms with Crippen LogP contribution in [0.5, 0.6) is 0 Å². The minimum absolute atomic E-state index is 0.777. The molecule has 1 heterocycles. The zero-order chi connectivity index (χ0) is 21.5. The first kappa shape index (κ1) is 21.9. The zero-order valence-corrected chi connectivity index (χ0v) is 19.2. The summed E-state index contributed by atoms with van der Waals surface area (Å²) in [6, 6.07) is 25.9. The lowest BCUT2D eigenvalue weighted by Crippen LogP contribution is -2.32. The Labute approximate surface area is 192 Å². The molecule has 1 aliphatic heterocycles. The predicted molar refractivity (Wildman–Crippen MR) is 134 cm³/mol. The lowest BCUT2D eigenvalue weighted by atomic mass is 9.99. The smallest absolute Gasteiger partial charge is 0.0406 e. The van der Waals surface area contributed by atoms with E-state index in [0.717, 1.165) is 36.9 Å². The van der Waals surface area contributed by atoms with E-state index in [1.54, 1.807) is 0 Å². The SMILES string of the molecule is CC1CCN(Cc2ccc(NCCCc3ccc(-c4ccc(Cl)cc4)cc3)cc2)CC1. The average molecular weight is 433 g/mol. The first-order valence-electron chi connectivity index (χ1n) is 11.6. The van der Waals surface area contributed by atoms with Crippen LogP contribution in [0.15, 0.2) is 72.8 Å². The maximum absolute atomic E-state index is 5.98. The minimum Gasteiger partial charge on any atom is -0.385 e. The minimum atomic E-state index is 0.777. The zero-order valence-electron chi connectivity index (χ0n) is 18.5. The van der Waals surface area contributed by atoms with E-state index in [-0.39, 0.29) is 0 Å². The number of benzene rings is 3. The van der Waals surface area contributed by atoms with Crippen molar-refractivity contribution in [3.63, 3.8) is 0 Å². The molecular weight excluding hydrogens is 400 g/mol. The van der Waals surface area contributed by atoms with Gasteiger partial charge in [0.2, 0.25) is 0 Å². The Hall–Kier alpha value is -2.29. The molecule has 2 nitrogen and oxygen atoms in total. The Morgan fingerprint density at radius 1 is 0.806 bits per heavy atom. The second kappa shape index (κ2) is 10.8. The topological polar surface area (TPSA) is 15.3 Å². The molecule has 0 bridgehead atoms. The molecule has 0 unspecified atom stereocenters. The molecule has 1 aliphatic rings. The number of likely N-dealkylation sites (tertiary alicyclic amines) is 1.